The summed E-state index contributed by atoms with van der Waals surface area (Å²) in [6.07, 6.45) is 0. The number of hydrogen-bond donors (Lipinski definition) is 1. The molecule has 1 fully saturated rings. The summed E-state index contributed by atoms with van der Waals surface area (Å²) in [5.74, 6) is -0.541. The Balaban J connectivity index is 1.58. The Morgan fingerprint density at radius 2 is 1.72 bits per heavy atom. The molecule has 2 aliphatic heterocycles. The molecular formula is C27H31ClN4O4. The molecule has 3 amide bonds. The van der Waals surface area contributed by atoms with E-state index in [4.69, 9.17) is 16.3 Å². The predicted molar refractivity (Wildman–Crippen MR) is 138 cm³/mol. The van der Waals surface area contributed by atoms with Crippen molar-refractivity contribution in [1.29, 1.82) is 0 Å². The highest BCUT2D eigenvalue weighted by Gasteiger charge is 2.38. The number of likely N-dealkylation sites (N-methyl/N-ethyl adjacent to an activating group) is 1. The third-order valence-corrected chi connectivity index (χ3v) is 7.04. The third-order valence-electron chi connectivity index (χ3n) is 6.71. The van der Waals surface area contributed by atoms with Gasteiger partial charge in [0.1, 0.15) is 0 Å². The molecule has 2 heterocycles. The van der Waals surface area contributed by atoms with Crippen molar-refractivity contribution in [3.05, 3.63) is 81.5 Å². The average Bonchev–Trinajstić information content (AvgIpc) is 2.87. The molecular weight excluding hydrogens is 480 g/mol. The lowest BCUT2D eigenvalue weighted by atomic mass is 9.91. The zero-order valence-corrected chi connectivity index (χ0v) is 21.5. The molecule has 9 heteroatoms. The number of hydrogen-bond acceptors (Lipinski definition) is 5. The van der Waals surface area contributed by atoms with Gasteiger partial charge in [-0.1, -0.05) is 48.0 Å². The van der Waals surface area contributed by atoms with Gasteiger partial charge in [0, 0.05) is 45.5 Å². The van der Waals surface area contributed by atoms with Crippen LogP contribution in [-0.2, 0) is 9.53 Å². The number of benzene rings is 2. The van der Waals surface area contributed by atoms with E-state index >= 15 is 0 Å². The van der Waals surface area contributed by atoms with Crippen molar-refractivity contribution in [1.82, 2.24) is 20.0 Å². The van der Waals surface area contributed by atoms with Crippen LogP contribution in [0.5, 0.6) is 0 Å². The van der Waals surface area contributed by atoms with E-state index < -0.39 is 12.0 Å². The molecule has 2 aromatic carbocycles. The lowest BCUT2D eigenvalue weighted by Crippen LogP contribution is -2.53. The number of halogens is 1. The number of nitrogens with zero attached hydrogens (tertiary/aromatic N) is 3. The third kappa shape index (κ3) is 5.24. The summed E-state index contributed by atoms with van der Waals surface area (Å²) in [4.78, 5) is 44.5. The Kier molecular flexibility index (Phi) is 7.96. The first-order valence-corrected chi connectivity index (χ1v) is 12.5. The fourth-order valence-corrected chi connectivity index (χ4v) is 4.88. The summed E-state index contributed by atoms with van der Waals surface area (Å²) in [6.45, 7) is 6.57. The molecule has 4 rings (SSSR count). The van der Waals surface area contributed by atoms with Gasteiger partial charge in [-0.25, -0.2) is 9.59 Å². The molecule has 2 aromatic rings. The monoisotopic (exact) mass is 510 g/mol. The maximum atomic E-state index is 13.2. The molecule has 1 saturated heterocycles. The number of aryl methyl sites for hydroxylation is 1. The van der Waals surface area contributed by atoms with E-state index in [2.05, 4.69) is 10.2 Å². The SMILES string of the molecule is CCOC(=O)C1=C(CN2CCN(C(=O)c3ccccc3Cl)CC2)N(C)C(=O)NC1c1ccccc1C. The van der Waals surface area contributed by atoms with E-state index in [-0.39, 0.29) is 18.5 Å². The highest BCUT2D eigenvalue weighted by molar-refractivity contribution is 6.33. The number of ether oxygens (including phenoxy) is 1. The van der Waals surface area contributed by atoms with E-state index in [1.165, 1.54) is 4.90 Å². The Morgan fingerprint density at radius 3 is 2.39 bits per heavy atom. The Hall–Kier alpha value is -3.36. The van der Waals surface area contributed by atoms with Gasteiger partial charge in [-0.2, -0.15) is 0 Å². The molecule has 0 aromatic heterocycles. The van der Waals surface area contributed by atoms with E-state index in [9.17, 15) is 14.4 Å². The zero-order valence-electron chi connectivity index (χ0n) is 20.8. The van der Waals surface area contributed by atoms with E-state index in [0.29, 0.717) is 54.6 Å². The van der Waals surface area contributed by atoms with Crippen LogP contribution < -0.4 is 5.32 Å². The number of carbonyl (C=O) groups is 3. The van der Waals surface area contributed by atoms with Gasteiger partial charge in [-0.15, -0.1) is 0 Å². The van der Waals surface area contributed by atoms with Crippen molar-refractivity contribution in [3.63, 3.8) is 0 Å². The molecule has 0 spiro atoms. The standard InChI is InChI=1S/C27H31ClN4O4/c1-4-36-26(34)23-22(30(3)27(35)29-24(23)19-10-6-5-9-18(19)2)17-31-13-15-32(16-14-31)25(33)20-11-7-8-12-21(20)28/h5-12,24H,4,13-17H2,1-3H3,(H,29,35). The van der Waals surface area contributed by atoms with Crippen LogP contribution >= 0.6 is 11.6 Å². The minimum Gasteiger partial charge on any atom is -0.463 e. The van der Waals surface area contributed by atoms with Gasteiger partial charge in [0.05, 0.1) is 28.8 Å². The van der Waals surface area contributed by atoms with Gasteiger partial charge < -0.3 is 15.0 Å². The van der Waals surface area contributed by atoms with Crippen LogP contribution in [0.4, 0.5) is 4.79 Å². The fraction of sp³-hybridized carbons (Fsp3) is 0.370. The van der Waals surface area contributed by atoms with Gasteiger partial charge in [-0.05, 0) is 37.1 Å². The van der Waals surface area contributed by atoms with Crippen molar-refractivity contribution in [3.8, 4) is 0 Å². The molecule has 0 radical (unpaired) electrons. The molecule has 1 N–H and O–H groups in total. The topological polar surface area (TPSA) is 82.2 Å². The Morgan fingerprint density at radius 1 is 1.06 bits per heavy atom. The van der Waals surface area contributed by atoms with Crippen LogP contribution in [0.25, 0.3) is 0 Å². The second-order valence-electron chi connectivity index (χ2n) is 8.93. The van der Waals surface area contributed by atoms with E-state index in [1.807, 2.05) is 31.2 Å². The van der Waals surface area contributed by atoms with Crippen LogP contribution in [0, 0.1) is 6.92 Å². The summed E-state index contributed by atoms with van der Waals surface area (Å²) in [5.41, 5.74) is 3.36. The van der Waals surface area contributed by atoms with Crippen molar-refractivity contribution >= 4 is 29.5 Å². The first-order chi connectivity index (χ1) is 17.3. The number of urea groups is 1. The van der Waals surface area contributed by atoms with Crippen molar-refractivity contribution in [2.45, 2.75) is 19.9 Å². The summed E-state index contributed by atoms with van der Waals surface area (Å²) < 4.78 is 5.43. The summed E-state index contributed by atoms with van der Waals surface area (Å²) in [6, 6.07) is 13.8. The Labute approximate surface area is 216 Å². The molecule has 1 atom stereocenters. The minimum absolute atomic E-state index is 0.0968. The van der Waals surface area contributed by atoms with Crippen LogP contribution in [0.3, 0.4) is 0 Å². The molecule has 190 valence electrons. The summed E-state index contributed by atoms with van der Waals surface area (Å²) in [5, 5.41) is 3.41. The van der Waals surface area contributed by atoms with Crippen LogP contribution in [0.2, 0.25) is 5.02 Å². The molecule has 8 nitrogen and oxygen atoms in total. The maximum Gasteiger partial charge on any atom is 0.338 e. The maximum absolute atomic E-state index is 13.2. The number of carbonyl (C=O) groups excluding carboxylic acids is 3. The van der Waals surface area contributed by atoms with E-state index in [1.54, 1.807) is 43.1 Å². The largest absolute Gasteiger partial charge is 0.463 e. The van der Waals surface area contributed by atoms with Crippen LogP contribution in [-0.4, -0.2) is 79.0 Å². The lowest BCUT2D eigenvalue weighted by Gasteiger charge is -2.39. The average molecular weight is 511 g/mol. The minimum atomic E-state index is -0.605. The molecule has 2 aliphatic rings. The number of rotatable bonds is 6. The van der Waals surface area contributed by atoms with E-state index in [0.717, 1.165) is 11.1 Å². The first kappa shape index (κ1) is 25.7. The summed E-state index contributed by atoms with van der Waals surface area (Å²) >= 11 is 6.22. The normalized spacial score (nSPS) is 18.8. The number of nitrogens with one attached hydrogen (secondary N) is 1. The van der Waals surface area contributed by atoms with Crippen molar-refractivity contribution < 1.29 is 19.1 Å². The zero-order chi connectivity index (χ0) is 25.8. The van der Waals surface area contributed by atoms with Crippen molar-refractivity contribution in [2.75, 3.05) is 46.4 Å². The molecule has 0 aliphatic carbocycles. The molecule has 0 bridgehead atoms. The quantitative estimate of drug-likeness (QED) is 0.600. The van der Waals surface area contributed by atoms with Gasteiger partial charge in [-0.3, -0.25) is 14.6 Å². The summed E-state index contributed by atoms with van der Waals surface area (Å²) in [7, 11) is 1.66. The number of piperazine rings is 1. The molecule has 36 heavy (non-hydrogen) atoms. The van der Waals surface area contributed by atoms with Gasteiger partial charge in [0.25, 0.3) is 5.91 Å². The van der Waals surface area contributed by atoms with Crippen LogP contribution in [0.1, 0.15) is 34.5 Å². The number of amides is 3. The van der Waals surface area contributed by atoms with Gasteiger partial charge in [0.2, 0.25) is 0 Å². The molecule has 0 saturated carbocycles. The molecule has 1 unspecified atom stereocenters. The number of esters is 1. The highest BCUT2D eigenvalue weighted by atomic mass is 35.5. The second-order valence-corrected chi connectivity index (χ2v) is 9.33. The highest BCUT2D eigenvalue weighted by Crippen LogP contribution is 2.33. The van der Waals surface area contributed by atoms with Gasteiger partial charge >= 0.3 is 12.0 Å². The van der Waals surface area contributed by atoms with Gasteiger partial charge in [0.15, 0.2) is 0 Å². The Bertz CT molecular complexity index is 1190. The van der Waals surface area contributed by atoms with Crippen LogP contribution in [0.15, 0.2) is 59.8 Å². The fourth-order valence-electron chi connectivity index (χ4n) is 4.67. The first-order valence-electron chi connectivity index (χ1n) is 12.1. The lowest BCUT2D eigenvalue weighted by molar-refractivity contribution is -0.139. The smallest absolute Gasteiger partial charge is 0.338 e. The second kappa shape index (κ2) is 11.1. The van der Waals surface area contributed by atoms with Crippen molar-refractivity contribution in [2.24, 2.45) is 0 Å². The predicted octanol–water partition coefficient (Wildman–Crippen LogP) is 3.62.